The van der Waals surface area contributed by atoms with Crippen molar-refractivity contribution in [1.82, 2.24) is 9.97 Å². The van der Waals surface area contributed by atoms with Crippen molar-refractivity contribution in [3.8, 4) is 56.0 Å². The van der Waals surface area contributed by atoms with Gasteiger partial charge in [-0.1, -0.05) is 153 Å². The summed E-state index contributed by atoms with van der Waals surface area (Å²) in [6, 6.07) is 53.2. The van der Waals surface area contributed by atoms with Crippen LogP contribution in [0.1, 0.15) is 43.2 Å². The molecule has 0 radical (unpaired) electrons. The molecule has 234 valence electrons. The van der Waals surface area contributed by atoms with Crippen LogP contribution in [0, 0.1) is 0 Å². The van der Waals surface area contributed by atoms with Gasteiger partial charge in [-0.15, -0.1) is 11.3 Å². The zero-order chi connectivity index (χ0) is 32.4. The quantitative estimate of drug-likeness (QED) is 0.190. The number of hydrogen-bond acceptors (Lipinski definition) is 3. The Labute approximate surface area is 290 Å². The highest BCUT2D eigenvalue weighted by Gasteiger charge is 2.43. The number of benzene rings is 6. The Bertz CT molecular complexity index is 2500. The molecule has 2 aromatic heterocycles. The molecule has 8 aromatic rings. The average molecular weight is 647 g/mol. The van der Waals surface area contributed by atoms with Crippen molar-refractivity contribution in [2.24, 2.45) is 0 Å². The molecule has 1 fully saturated rings. The minimum Gasteiger partial charge on any atom is -0.226 e. The Morgan fingerprint density at radius 2 is 1.08 bits per heavy atom. The minimum absolute atomic E-state index is 0.175. The standard InChI is InChI=1S/C46H34N2S/c1-3-11-34(12-4-1)45-47-42(44-43(48-45)38-14-6-8-16-41(38)49-44)33-23-21-31(22-24-33)30-17-19-32(20-18-30)35-25-26-37-36-13-5-7-15-39(36)46(40(37)29-35)27-9-2-10-28-46/h1,3-8,11-26,29H,2,9-10,27-28H2. The Hall–Kier alpha value is -5.38. The lowest BCUT2D eigenvalue weighted by Crippen LogP contribution is -2.28. The Morgan fingerprint density at radius 1 is 0.469 bits per heavy atom. The van der Waals surface area contributed by atoms with E-state index in [1.165, 1.54) is 75.6 Å². The van der Waals surface area contributed by atoms with Crippen LogP contribution in [-0.4, -0.2) is 9.97 Å². The zero-order valence-corrected chi connectivity index (χ0v) is 28.0. The van der Waals surface area contributed by atoms with Crippen LogP contribution < -0.4 is 0 Å². The summed E-state index contributed by atoms with van der Waals surface area (Å²) in [6.07, 6.45) is 6.49. The molecular weight excluding hydrogens is 613 g/mol. The molecule has 0 saturated heterocycles. The van der Waals surface area contributed by atoms with Crippen molar-refractivity contribution in [2.45, 2.75) is 37.5 Å². The van der Waals surface area contributed by atoms with Crippen molar-refractivity contribution in [3.05, 3.63) is 157 Å². The van der Waals surface area contributed by atoms with E-state index in [-0.39, 0.29) is 5.41 Å². The Morgan fingerprint density at radius 3 is 1.86 bits per heavy atom. The second-order valence-electron chi connectivity index (χ2n) is 13.6. The van der Waals surface area contributed by atoms with Crippen molar-refractivity contribution in [3.63, 3.8) is 0 Å². The van der Waals surface area contributed by atoms with Crippen LogP contribution in [0.5, 0.6) is 0 Å². The minimum atomic E-state index is 0.175. The summed E-state index contributed by atoms with van der Waals surface area (Å²) in [6.45, 7) is 0. The van der Waals surface area contributed by atoms with Gasteiger partial charge in [-0.25, -0.2) is 9.97 Å². The van der Waals surface area contributed by atoms with E-state index < -0.39 is 0 Å². The van der Waals surface area contributed by atoms with Gasteiger partial charge in [0.2, 0.25) is 0 Å². The Kier molecular flexibility index (Phi) is 6.63. The van der Waals surface area contributed by atoms with Crippen LogP contribution in [0.15, 0.2) is 146 Å². The van der Waals surface area contributed by atoms with Gasteiger partial charge in [0.1, 0.15) is 0 Å². The first kappa shape index (κ1) is 28.6. The fourth-order valence-corrected chi connectivity index (χ4v) is 9.66. The normalized spacial score (nSPS) is 14.7. The molecule has 0 atom stereocenters. The van der Waals surface area contributed by atoms with E-state index in [2.05, 4.69) is 127 Å². The van der Waals surface area contributed by atoms with Gasteiger partial charge in [-0.3, -0.25) is 0 Å². The van der Waals surface area contributed by atoms with E-state index in [9.17, 15) is 0 Å². The zero-order valence-electron chi connectivity index (χ0n) is 27.2. The van der Waals surface area contributed by atoms with Gasteiger partial charge in [0.25, 0.3) is 0 Å². The fraction of sp³-hybridized carbons (Fsp3) is 0.130. The molecule has 1 saturated carbocycles. The third-order valence-corrected chi connectivity index (χ3v) is 12.1. The molecule has 0 amide bonds. The third kappa shape index (κ3) is 4.60. The predicted octanol–water partition coefficient (Wildman–Crippen LogP) is 12.7. The van der Waals surface area contributed by atoms with E-state index in [1.807, 2.05) is 18.2 Å². The van der Waals surface area contributed by atoms with E-state index in [4.69, 9.17) is 9.97 Å². The second kappa shape index (κ2) is 11.4. The lowest BCUT2D eigenvalue weighted by atomic mass is 9.67. The number of rotatable bonds is 4. The highest BCUT2D eigenvalue weighted by molar-refractivity contribution is 7.26. The first-order valence-electron chi connectivity index (χ1n) is 17.5. The lowest BCUT2D eigenvalue weighted by molar-refractivity contribution is 0.353. The maximum Gasteiger partial charge on any atom is 0.160 e. The van der Waals surface area contributed by atoms with E-state index in [0.717, 1.165) is 32.9 Å². The van der Waals surface area contributed by atoms with Gasteiger partial charge < -0.3 is 0 Å². The van der Waals surface area contributed by atoms with Gasteiger partial charge in [0.05, 0.1) is 15.9 Å². The number of thiophene rings is 1. The molecule has 6 aromatic carbocycles. The van der Waals surface area contributed by atoms with Gasteiger partial charge in [-0.2, -0.15) is 0 Å². The molecule has 2 aliphatic rings. The molecule has 0 bridgehead atoms. The molecule has 0 unspecified atom stereocenters. The maximum atomic E-state index is 5.15. The van der Waals surface area contributed by atoms with Gasteiger partial charge in [0.15, 0.2) is 5.82 Å². The topological polar surface area (TPSA) is 25.8 Å². The van der Waals surface area contributed by atoms with Crippen LogP contribution >= 0.6 is 11.3 Å². The lowest BCUT2D eigenvalue weighted by Gasteiger charge is -2.36. The van der Waals surface area contributed by atoms with Crippen LogP contribution in [0.3, 0.4) is 0 Å². The smallest absolute Gasteiger partial charge is 0.160 e. The SMILES string of the molecule is c1ccc(-c2nc(-c3ccc(-c4ccc(-c5ccc6c(c5)C5(CCCCC5)c5ccccc5-6)cc4)cc3)c3sc4ccccc4c3n2)cc1. The average Bonchev–Trinajstić information content (AvgIpc) is 3.68. The van der Waals surface area contributed by atoms with Crippen LogP contribution in [-0.2, 0) is 5.41 Å². The first-order valence-corrected chi connectivity index (χ1v) is 18.3. The van der Waals surface area contributed by atoms with E-state index in [1.54, 1.807) is 22.5 Å². The summed E-state index contributed by atoms with van der Waals surface area (Å²) in [4.78, 5) is 10.2. The van der Waals surface area contributed by atoms with Gasteiger partial charge >= 0.3 is 0 Å². The highest BCUT2D eigenvalue weighted by Crippen LogP contribution is 2.56. The Balaban J connectivity index is 0.990. The summed E-state index contributed by atoms with van der Waals surface area (Å²) in [7, 11) is 0. The highest BCUT2D eigenvalue weighted by atomic mass is 32.1. The van der Waals surface area contributed by atoms with Crippen molar-refractivity contribution in [1.29, 1.82) is 0 Å². The van der Waals surface area contributed by atoms with E-state index >= 15 is 0 Å². The molecule has 49 heavy (non-hydrogen) atoms. The fourth-order valence-electron chi connectivity index (χ4n) is 8.51. The van der Waals surface area contributed by atoms with Crippen molar-refractivity contribution >= 4 is 31.6 Å². The molecular formula is C46H34N2S. The number of fused-ring (bicyclic) bond motifs is 8. The van der Waals surface area contributed by atoms with E-state index in [0.29, 0.717) is 0 Å². The number of aromatic nitrogens is 2. The first-order chi connectivity index (χ1) is 24.2. The largest absolute Gasteiger partial charge is 0.226 e. The second-order valence-corrected chi connectivity index (χ2v) is 14.7. The van der Waals surface area contributed by atoms with Crippen LogP contribution in [0.2, 0.25) is 0 Å². The summed E-state index contributed by atoms with van der Waals surface area (Å²) in [5.41, 5.74) is 15.3. The van der Waals surface area contributed by atoms with Crippen molar-refractivity contribution < 1.29 is 0 Å². The molecule has 10 rings (SSSR count). The summed E-state index contributed by atoms with van der Waals surface area (Å²) in [5.74, 6) is 0.760. The van der Waals surface area contributed by atoms with Gasteiger partial charge in [0, 0.05) is 26.6 Å². The third-order valence-electron chi connectivity index (χ3n) is 10.9. The molecule has 2 nitrogen and oxygen atoms in total. The number of nitrogens with zero attached hydrogens (tertiary/aromatic N) is 2. The maximum absolute atomic E-state index is 5.15. The van der Waals surface area contributed by atoms with Crippen LogP contribution in [0.25, 0.3) is 76.3 Å². The number of hydrogen-bond donors (Lipinski definition) is 0. The summed E-state index contributed by atoms with van der Waals surface area (Å²) >= 11 is 1.77. The van der Waals surface area contributed by atoms with Crippen molar-refractivity contribution in [2.75, 3.05) is 0 Å². The molecule has 3 heteroatoms. The molecule has 1 spiro atoms. The molecule has 2 heterocycles. The van der Waals surface area contributed by atoms with Gasteiger partial charge in [-0.05, 0) is 69.5 Å². The molecule has 0 N–H and O–H groups in total. The molecule has 0 aliphatic heterocycles. The molecule has 2 aliphatic carbocycles. The predicted molar refractivity (Wildman–Crippen MR) is 206 cm³/mol. The summed E-state index contributed by atoms with van der Waals surface area (Å²) in [5, 5.41) is 1.18. The van der Waals surface area contributed by atoms with Crippen LogP contribution in [0.4, 0.5) is 0 Å². The monoisotopic (exact) mass is 646 g/mol. The summed E-state index contributed by atoms with van der Waals surface area (Å²) < 4.78 is 2.36.